The van der Waals surface area contributed by atoms with Gasteiger partial charge in [0.1, 0.15) is 0 Å². The maximum absolute atomic E-state index is 8.99. The number of nitrogens with one attached hydrogen (secondary N) is 1. The van der Waals surface area contributed by atoms with Crippen molar-refractivity contribution < 1.29 is 0 Å². The molecule has 0 aliphatic carbocycles. The number of anilines is 2. The Bertz CT molecular complexity index is 626. The van der Waals surface area contributed by atoms with E-state index in [0.717, 1.165) is 17.9 Å². The highest BCUT2D eigenvalue weighted by molar-refractivity contribution is 5.64. The van der Waals surface area contributed by atoms with Gasteiger partial charge in [-0.15, -0.1) is 0 Å². The van der Waals surface area contributed by atoms with E-state index in [-0.39, 0.29) is 0 Å². The van der Waals surface area contributed by atoms with Gasteiger partial charge in [-0.25, -0.2) is 0 Å². The van der Waals surface area contributed by atoms with Gasteiger partial charge in [-0.3, -0.25) is 0 Å². The zero-order valence-corrected chi connectivity index (χ0v) is 12.8. The smallest absolute Gasteiger partial charge is 0.0992 e. The van der Waals surface area contributed by atoms with Crippen LogP contribution in [0.3, 0.4) is 0 Å². The van der Waals surface area contributed by atoms with Gasteiger partial charge in [0.25, 0.3) is 0 Å². The molecule has 0 bridgehead atoms. The molecule has 0 spiro atoms. The van der Waals surface area contributed by atoms with Gasteiger partial charge in [-0.1, -0.05) is 25.1 Å². The Labute approximate surface area is 126 Å². The molecule has 1 atom stereocenters. The van der Waals surface area contributed by atoms with E-state index < -0.39 is 0 Å². The Morgan fingerprint density at radius 1 is 1.14 bits per heavy atom. The molecule has 0 radical (unpaired) electrons. The second kappa shape index (κ2) is 6.92. The normalized spacial score (nSPS) is 11.7. The van der Waals surface area contributed by atoms with Crippen LogP contribution in [0.15, 0.2) is 48.5 Å². The van der Waals surface area contributed by atoms with Crippen molar-refractivity contribution >= 4 is 11.4 Å². The van der Waals surface area contributed by atoms with Crippen molar-refractivity contribution in [2.75, 3.05) is 18.5 Å². The lowest BCUT2D eigenvalue weighted by Gasteiger charge is -2.21. The summed E-state index contributed by atoms with van der Waals surface area (Å²) in [5.74, 6) is 0. The van der Waals surface area contributed by atoms with Crippen molar-refractivity contribution in [3.8, 4) is 6.07 Å². The molecule has 3 nitrogen and oxygen atoms in total. The van der Waals surface area contributed by atoms with Crippen LogP contribution in [0.1, 0.15) is 31.0 Å². The Balaban J connectivity index is 2.19. The van der Waals surface area contributed by atoms with Crippen molar-refractivity contribution in [3.05, 3.63) is 59.7 Å². The van der Waals surface area contributed by atoms with Gasteiger partial charge in [0.15, 0.2) is 0 Å². The van der Waals surface area contributed by atoms with E-state index in [0.29, 0.717) is 11.6 Å². The summed E-state index contributed by atoms with van der Waals surface area (Å²) in [6.45, 7) is 5.24. The largest absolute Gasteiger partial charge is 0.345 e. The molecule has 0 saturated heterocycles. The summed E-state index contributed by atoms with van der Waals surface area (Å²) in [5, 5.41) is 12.4. The molecule has 2 aromatic carbocycles. The predicted molar refractivity (Wildman–Crippen MR) is 87.8 cm³/mol. The summed E-state index contributed by atoms with van der Waals surface area (Å²) in [7, 11) is 2.01. The third-order valence-corrected chi connectivity index (χ3v) is 3.65. The van der Waals surface area contributed by atoms with E-state index in [9.17, 15) is 0 Å². The molecule has 0 saturated carbocycles. The summed E-state index contributed by atoms with van der Waals surface area (Å²) in [4.78, 5) is 2.09. The van der Waals surface area contributed by atoms with Crippen molar-refractivity contribution in [3.63, 3.8) is 0 Å². The maximum atomic E-state index is 8.99. The first kappa shape index (κ1) is 15.1. The monoisotopic (exact) mass is 279 g/mol. The maximum Gasteiger partial charge on any atom is 0.0992 e. The summed E-state index contributed by atoms with van der Waals surface area (Å²) < 4.78 is 0. The molecular formula is C18H21N3. The van der Waals surface area contributed by atoms with Gasteiger partial charge >= 0.3 is 0 Å². The summed E-state index contributed by atoms with van der Waals surface area (Å²) in [6, 6.07) is 18.7. The summed E-state index contributed by atoms with van der Waals surface area (Å²) in [6.07, 6.45) is 0. The van der Waals surface area contributed by atoms with Crippen LogP contribution in [-0.4, -0.2) is 13.6 Å². The lowest BCUT2D eigenvalue weighted by atomic mass is 10.1. The molecule has 2 rings (SSSR count). The number of rotatable bonds is 5. The molecule has 0 heterocycles. The van der Waals surface area contributed by atoms with Crippen molar-refractivity contribution in [1.29, 1.82) is 5.26 Å². The lowest BCUT2D eigenvalue weighted by molar-refractivity contribution is 0.598. The van der Waals surface area contributed by atoms with Gasteiger partial charge in [-0.2, -0.15) is 5.26 Å². The first-order valence-corrected chi connectivity index (χ1v) is 7.23. The predicted octanol–water partition coefficient (Wildman–Crippen LogP) is 4.00. The molecule has 1 N–H and O–H groups in total. The molecule has 0 aliphatic rings. The van der Waals surface area contributed by atoms with Crippen LogP contribution in [0, 0.1) is 11.3 Å². The zero-order chi connectivity index (χ0) is 15.2. The molecule has 0 aliphatic heterocycles. The second-order valence-corrected chi connectivity index (χ2v) is 5.09. The second-order valence-electron chi connectivity index (χ2n) is 5.09. The zero-order valence-electron chi connectivity index (χ0n) is 12.8. The number of hydrogen-bond donors (Lipinski definition) is 1. The van der Waals surface area contributed by atoms with E-state index in [1.165, 1.54) is 5.56 Å². The van der Waals surface area contributed by atoms with Crippen molar-refractivity contribution in [1.82, 2.24) is 5.32 Å². The van der Waals surface area contributed by atoms with Gasteiger partial charge in [0.2, 0.25) is 0 Å². The SMILES string of the molecule is CCNC(C)c1ccc(N(C)c2cccc(C#N)c2)cc1. The van der Waals surface area contributed by atoms with Crippen LogP contribution in [0.2, 0.25) is 0 Å². The average molecular weight is 279 g/mol. The Hall–Kier alpha value is -2.31. The minimum absolute atomic E-state index is 0.358. The molecule has 108 valence electrons. The fourth-order valence-electron chi connectivity index (χ4n) is 2.34. The van der Waals surface area contributed by atoms with E-state index in [4.69, 9.17) is 5.26 Å². The van der Waals surface area contributed by atoms with Crippen LogP contribution in [0.5, 0.6) is 0 Å². The fourth-order valence-corrected chi connectivity index (χ4v) is 2.34. The van der Waals surface area contributed by atoms with Crippen molar-refractivity contribution in [2.45, 2.75) is 19.9 Å². The van der Waals surface area contributed by atoms with Crippen molar-refractivity contribution in [2.24, 2.45) is 0 Å². The van der Waals surface area contributed by atoms with Gasteiger partial charge in [0, 0.05) is 24.5 Å². The number of nitriles is 1. The average Bonchev–Trinajstić information content (AvgIpc) is 2.54. The minimum atomic E-state index is 0.358. The molecule has 21 heavy (non-hydrogen) atoms. The molecule has 1 unspecified atom stereocenters. The summed E-state index contributed by atoms with van der Waals surface area (Å²) >= 11 is 0. The van der Waals surface area contributed by atoms with Gasteiger partial charge in [-0.05, 0) is 49.4 Å². The van der Waals surface area contributed by atoms with Gasteiger partial charge < -0.3 is 10.2 Å². The third kappa shape index (κ3) is 3.62. The first-order valence-electron chi connectivity index (χ1n) is 7.23. The number of benzene rings is 2. The Morgan fingerprint density at radius 2 is 1.86 bits per heavy atom. The molecule has 2 aromatic rings. The molecule has 0 aromatic heterocycles. The number of hydrogen-bond acceptors (Lipinski definition) is 3. The van der Waals surface area contributed by atoms with Crippen LogP contribution >= 0.6 is 0 Å². The highest BCUT2D eigenvalue weighted by atomic mass is 15.1. The Morgan fingerprint density at radius 3 is 2.48 bits per heavy atom. The summed E-state index contributed by atoms with van der Waals surface area (Å²) in [5.41, 5.74) is 4.08. The standard InChI is InChI=1S/C18H21N3/c1-4-20-14(2)16-8-10-17(11-9-16)21(3)18-7-5-6-15(12-18)13-19/h5-12,14,20H,4H2,1-3H3. The van der Waals surface area contributed by atoms with E-state index in [1.807, 2.05) is 31.3 Å². The lowest BCUT2D eigenvalue weighted by Crippen LogP contribution is -2.17. The molecule has 3 heteroatoms. The van der Waals surface area contributed by atoms with E-state index in [2.05, 4.69) is 54.4 Å². The van der Waals surface area contributed by atoms with Gasteiger partial charge in [0.05, 0.1) is 11.6 Å². The molecular weight excluding hydrogens is 258 g/mol. The highest BCUT2D eigenvalue weighted by Gasteiger charge is 2.07. The van der Waals surface area contributed by atoms with Crippen LogP contribution in [0.4, 0.5) is 11.4 Å². The number of nitrogens with zero attached hydrogens (tertiary/aromatic N) is 2. The minimum Gasteiger partial charge on any atom is -0.345 e. The first-order chi connectivity index (χ1) is 10.2. The topological polar surface area (TPSA) is 39.1 Å². The van der Waals surface area contributed by atoms with Crippen LogP contribution < -0.4 is 10.2 Å². The Kier molecular flexibility index (Phi) is 4.97. The quantitative estimate of drug-likeness (QED) is 0.899. The van der Waals surface area contributed by atoms with E-state index in [1.54, 1.807) is 0 Å². The highest BCUT2D eigenvalue weighted by Crippen LogP contribution is 2.25. The fraction of sp³-hybridized carbons (Fsp3) is 0.278. The van der Waals surface area contributed by atoms with E-state index >= 15 is 0 Å². The molecule has 0 fully saturated rings. The van der Waals surface area contributed by atoms with Crippen LogP contribution in [-0.2, 0) is 0 Å². The third-order valence-electron chi connectivity index (χ3n) is 3.65. The van der Waals surface area contributed by atoms with Crippen LogP contribution in [0.25, 0.3) is 0 Å². The molecule has 0 amide bonds.